The first-order chi connectivity index (χ1) is 10.9. The van der Waals surface area contributed by atoms with Crippen LogP contribution in [0.5, 0.6) is 0 Å². The van der Waals surface area contributed by atoms with E-state index in [1.807, 2.05) is 34.9 Å². The molecule has 1 amide bonds. The van der Waals surface area contributed by atoms with Gasteiger partial charge < -0.3 is 0 Å². The fourth-order valence-electron chi connectivity index (χ4n) is 1.97. The van der Waals surface area contributed by atoms with Crippen molar-refractivity contribution in [1.29, 1.82) is 0 Å². The smallest absolute Gasteiger partial charge is 0.264 e. The van der Waals surface area contributed by atoms with Crippen LogP contribution in [0.15, 0.2) is 53.4 Å². The van der Waals surface area contributed by atoms with Crippen LogP contribution in [0.4, 0.5) is 5.69 Å². The summed E-state index contributed by atoms with van der Waals surface area (Å²) in [5, 5.41) is 0. The van der Waals surface area contributed by atoms with Gasteiger partial charge in [-0.1, -0.05) is 29.8 Å². The number of carbonyl (C=O) groups excluding carboxylic acids is 1. The van der Waals surface area contributed by atoms with Crippen LogP contribution in [0.25, 0.3) is 0 Å². The van der Waals surface area contributed by atoms with E-state index in [1.54, 1.807) is 36.4 Å². The molecule has 0 bridgehead atoms. The van der Waals surface area contributed by atoms with E-state index in [0.29, 0.717) is 9.26 Å². The van der Waals surface area contributed by atoms with Crippen molar-refractivity contribution in [1.82, 2.24) is 5.43 Å². The number of amides is 1. The van der Waals surface area contributed by atoms with Crippen molar-refractivity contribution in [2.75, 3.05) is 10.8 Å². The van der Waals surface area contributed by atoms with Gasteiger partial charge in [0.05, 0.1) is 10.6 Å². The summed E-state index contributed by atoms with van der Waals surface area (Å²) in [4.78, 5) is 11.8. The highest BCUT2D eigenvalue weighted by Gasteiger charge is 2.28. The number of para-hydroxylation sites is 1. The van der Waals surface area contributed by atoms with Gasteiger partial charge in [0.1, 0.15) is 6.54 Å². The SMILES string of the molecule is Cc1ccc(S(=O)(=O)N(CC(=O)NN)c2ccccc2I)cc1. The lowest BCUT2D eigenvalue weighted by molar-refractivity contribution is -0.119. The summed E-state index contributed by atoms with van der Waals surface area (Å²) in [5.41, 5.74) is 3.35. The van der Waals surface area contributed by atoms with Gasteiger partial charge in [-0.05, 0) is 53.8 Å². The van der Waals surface area contributed by atoms with Gasteiger partial charge in [-0.25, -0.2) is 14.3 Å². The molecule has 0 saturated carbocycles. The molecule has 0 aliphatic heterocycles. The molecule has 0 radical (unpaired) electrons. The molecule has 8 heteroatoms. The molecule has 0 fully saturated rings. The average molecular weight is 445 g/mol. The van der Waals surface area contributed by atoms with Crippen LogP contribution in [0.2, 0.25) is 0 Å². The minimum atomic E-state index is -3.89. The van der Waals surface area contributed by atoms with Crippen molar-refractivity contribution in [2.24, 2.45) is 5.84 Å². The van der Waals surface area contributed by atoms with Crippen LogP contribution >= 0.6 is 22.6 Å². The second-order valence-corrected chi connectivity index (χ2v) is 7.87. The van der Waals surface area contributed by atoms with E-state index >= 15 is 0 Å². The van der Waals surface area contributed by atoms with Gasteiger partial charge in [-0.2, -0.15) is 0 Å². The van der Waals surface area contributed by atoms with E-state index in [-0.39, 0.29) is 4.90 Å². The normalized spacial score (nSPS) is 11.1. The Balaban J connectivity index is 2.54. The maximum Gasteiger partial charge on any atom is 0.264 e. The van der Waals surface area contributed by atoms with E-state index < -0.39 is 22.5 Å². The maximum absolute atomic E-state index is 12.9. The summed E-state index contributed by atoms with van der Waals surface area (Å²) in [6.07, 6.45) is 0. The van der Waals surface area contributed by atoms with Gasteiger partial charge in [0, 0.05) is 3.57 Å². The first-order valence-electron chi connectivity index (χ1n) is 6.69. The van der Waals surface area contributed by atoms with E-state index in [0.717, 1.165) is 9.87 Å². The van der Waals surface area contributed by atoms with Crippen molar-refractivity contribution in [3.8, 4) is 0 Å². The molecule has 0 saturated heterocycles. The van der Waals surface area contributed by atoms with Crippen molar-refractivity contribution in [3.63, 3.8) is 0 Å². The van der Waals surface area contributed by atoms with Crippen LogP contribution in [0.3, 0.4) is 0 Å². The van der Waals surface area contributed by atoms with Gasteiger partial charge in [0.15, 0.2) is 0 Å². The fourth-order valence-corrected chi connectivity index (χ4v) is 4.25. The lowest BCUT2D eigenvalue weighted by Crippen LogP contribution is -2.43. The summed E-state index contributed by atoms with van der Waals surface area (Å²) in [5.74, 6) is 4.52. The third-order valence-electron chi connectivity index (χ3n) is 3.18. The lowest BCUT2D eigenvalue weighted by Gasteiger charge is -2.24. The number of hydrogen-bond acceptors (Lipinski definition) is 4. The Morgan fingerprint density at radius 1 is 1.17 bits per heavy atom. The molecule has 2 aromatic carbocycles. The zero-order chi connectivity index (χ0) is 17.0. The number of rotatable bonds is 5. The number of nitrogens with two attached hydrogens (primary N) is 1. The number of hydrogen-bond donors (Lipinski definition) is 2. The number of halogens is 1. The van der Waals surface area contributed by atoms with Crippen molar-refractivity contribution < 1.29 is 13.2 Å². The Bertz CT molecular complexity index is 807. The van der Waals surface area contributed by atoms with Crippen LogP contribution in [-0.4, -0.2) is 20.9 Å². The van der Waals surface area contributed by atoms with Gasteiger partial charge >= 0.3 is 0 Å². The fraction of sp³-hybridized carbons (Fsp3) is 0.133. The number of hydrazine groups is 1. The zero-order valence-electron chi connectivity index (χ0n) is 12.4. The Hall–Kier alpha value is -1.65. The second kappa shape index (κ2) is 7.28. The summed E-state index contributed by atoms with van der Waals surface area (Å²) in [6.45, 7) is 1.48. The zero-order valence-corrected chi connectivity index (χ0v) is 15.3. The quantitative estimate of drug-likeness (QED) is 0.318. The number of benzene rings is 2. The lowest BCUT2D eigenvalue weighted by atomic mass is 10.2. The van der Waals surface area contributed by atoms with Crippen molar-refractivity contribution in [3.05, 3.63) is 57.7 Å². The summed E-state index contributed by atoms with van der Waals surface area (Å²) in [7, 11) is -3.89. The van der Waals surface area contributed by atoms with E-state index in [1.165, 1.54) is 12.1 Å². The van der Waals surface area contributed by atoms with Crippen LogP contribution in [0, 0.1) is 10.5 Å². The second-order valence-electron chi connectivity index (χ2n) is 4.84. The van der Waals surface area contributed by atoms with Crippen molar-refractivity contribution in [2.45, 2.75) is 11.8 Å². The molecule has 0 aliphatic carbocycles. The van der Waals surface area contributed by atoms with Gasteiger partial charge in [-0.15, -0.1) is 0 Å². The van der Waals surface area contributed by atoms with Gasteiger partial charge in [-0.3, -0.25) is 14.5 Å². The molecule has 6 nitrogen and oxygen atoms in total. The highest BCUT2D eigenvalue weighted by atomic mass is 127. The topological polar surface area (TPSA) is 92.5 Å². The Labute approximate surface area is 148 Å². The number of aryl methyl sites for hydroxylation is 1. The van der Waals surface area contributed by atoms with E-state index in [9.17, 15) is 13.2 Å². The molecular weight excluding hydrogens is 429 g/mol. The summed E-state index contributed by atoms with van der Waals surface area (Å²) < 4.78 is 27.7. The van der Waals surface area contributed by atoms with E-state index in [4.69, 9.17) is 5.84 Å². The molecule has 2 rings (SSSR count). The number of nitrogens with zero attached hydrogens (tertiary/aromatic N) is 1. The third-order valence-corrected chi connectivity index (χ3v) is 5.86. The molecule has 23 heavy (non-hydrogen) atoms. The average Bonchev–Trinajstić information content (AvgIpc) is 2.53. The predicted octanol–water partition coefficient (Wildman–Crippen LogP) is 1.78. The van der Waals surface area contributed by atoms with Crippen LogP contribution < -0.4 is 15.6 Å². The molecule has 3 N–H and O–H groups in total. The van der Waals surface area contributed by atoms with Crippen LogP contribution in [-0.2, 0) is 14.8 Å². The Kier molecular flexibility index (Phi) is 5.60. The molecule has 0 atom stereocenters. The molecule has 0 aromatic heterocycles. The Morgan fingerprint density at radius 2 is 1.78 bits per heavy atom. The molecule has 0 aliphatic rings. The molecule has 122 valence electrons. The number of carbonyl (C=O) groups is 1. The maximum atomic E-state index is 12.9. The molecule has 0 spiro atoms. The number of sulfonamides is 1. The molecular formula is C15H16IN3O3S. The van der Waals surface area contributed by atoms with Crippen LogP contribution in [0.1, 0.15) is 5.56 Å². The van der Waals surface area contributed by atoms with E-state index in [2.05, 4.69) is 0 Å². The molecule has 0 heterocycles. The predicted molar refractivity (Wildman–Crippen MR) is 97.2 cm³/mol. The number of nitrogens with one attached hydrogen (secondary N) is 1. The minimum absolute atomic E-state index is 0.118. The minimum Gasteiger partial charge on any atom is -0.293 e. The first-order valence-corrected chi connectivity index (χ1v) is 9.21. The summed E-state index contributed by atoms with van der Waals surface area (Å²) >= 11 is 2.03. The van der Waals surface area contributed by atoms with Gasteiger partial charge in [0.25, 0.3) is 15.9 Å². The highest BCUT2D eigenvalue weighted by Crippen LogP contribution is 2.28. The highest BCUT2D eigenvalue weighted by molar-refractivity contribution is 14.1. The van der Waals surface area contributed by atoms with Crippen molar-refractivity contribution >= 4 is 44.2 Å². The molecule has 0 unspecified atom stereocenters. The monoisotopic (exact) mass is 445 g/mol. The molecule has 2 aromatic rings. The standard InChI is InChI=1S/C15H16IN3O3S/c1-11-6-8-12(9-7-11)23(21,22)19(10-15(20)18-17)14-5-3-2-4-13(14)16/h2-9H,10,17H2,1H3,(H,18,20). The largest absolute Gasteiger partial charge is 0.293 e. The van der Waals surface area contributed by atoms with Gasteiger partial charge in [0.2, 0.25) is 0 Å². The first kappa shape index (κ1) is 17.7. The summed E-state index contributed by atoms with van der Waals surface area (Å²) in [6, 6.07) is 13.4. The number of anilines is 1. The Morgan fingerprint density at radius 3 is 2.35 bits per heavy atom. The third kappa shape index (κ3) is 4.01.